The fourth-order valence-electron chi connectivity index (χ4n) is 2.85. The van der Waals surface area contributed by atoms with E-state index >= 15 is 0 Å². The van der Waals surface area contributed by atoms with Crippen molar-refractivity contribution in [3.8, 4) is 22.9 Å². The molecule has 0 saturated carbocycles. The van der Waals surface area contributed by atoms with Gasteiger partial charge in [0.2, 0.25) is 0 Å². The lowest BCUT2D eigenvalue weighted by Crippen LogP contribution is -2.04. The summed E-state index contributed by atoms with van der Waals surface area (Å²) in [7, 11) is 1.57. The van der Waals surface area contributed by atoms with Gasteiger partial charge in [0.05, 0.1) is 13.3 Å². The van der Waals surface area contributed by atoms with Crippen molar-refractivity contribution in [3.63, 3.8) is 0 Å². The van der Waals surface area contributed by atoms with Crippen LogP contribution in [-0.2, 0) is 11.2 Å². The highest BCUT2D eigenvalue weighted by atomic mass is 32.2. The van der Waals surface area contributed by atoms with Crippen LogP contribution in [0.25, 0.3) is 16.8 Å². The van der Waals surface area contributed by atoms with Crippen LogP contribution in [0, 0.1) is 0 Å². The molecule has 1 atom stereocenters. The lowest BCUT2D eigenvalue weighted by molar-refractivity contribution is 0.403. The molecule has 5 rings (SSSR count). The summed E-state index contributed by atoms with van der Waals surface area (Å²) in [5.41, 5.74) is 2.45. The van der Waals surface area contributed by atoms with Gasteiger partial charge in [-0.2, -0.15) is 15.1 Å². The van der Waals surface area contributed by atoms with Gasteiger partial charge in [-0.15, -0.1) is 0 Å². The van der Waals surface area contributed by atoms with Crippen LogP contribution in [0.3, 0.4) is 0 Å². The van der Waals surface area contributed by atoms with Crippen molar-refractivity contribution in [3.05, 3.63) is 80.0 Å². The first-order valence-corrected chi connectivity index (χ1v) is 10.4. The predicted molar refractivity (Wildman–Crippen MR) is 123 cm³/mol. The smallest absolute Gasteiger partial charge is 0.316 e. The summed E-state index contributed by atoms with van der Waals surface area (Å²) in [6.07, 6.45) is 7.26. The molecule has 5 N–H and O–H groups in total. The minimum atomic E-state index is -1.31. The number of fused-ring (bicyclic) bond motifs is 1. The third-order valence-electron chi connectivity index (χ3n) is 4.30. The van der Waals surface area contributed by atoms with Crippen LogP contribution in [0.5, 0.6) is 11.8 Å². The molecule has 176 valence electrons. The van der Waals surface area contributed by atoms with E-state index in [2.05, 4.69) is 30.0 Å². The molecule has 0 radical (unpaired) electrons. The molecule has 0 spiro atoms. The monoisotopic (exact) mass is 483 g/mol. The molecular weight excluding hydrogens is 462 g/mol. The van der Waals surface area contributed by atoms with Crippen LogP contribution in [0.15, 0.2) is 89.8 Å². The second-order valence-electron chi connectivity index (χ2n) is 6.22. The number of hydrogen-bond acceptors (Lipinski definition) is 9. The molecule has 3 aromatic heterocycles. The van der Waals surface area contributed by atoms with Crippen LogP contribution >= 0.6 is 0 Å². The number of benzene rings is 2. The van der Waals surface area contributed by atoms with Crippen LogP contribution in [0.2, 0.25) is 0 Å². The molecule has 2 aromatic carbocycles. The van der Waals surface area contributed by atoms with E-state index in [0.29, 0.717) is 16.3 Å². The molecule has 0 aliphatic rings. The van der Waals surface area contributed by atoms with Gasteiger partial charge in [-0.25, -0.2) is 19.5 Å². The maximum absolute atomic E-state index is 12.8. The highest BCUT2D eigenvalue weighted by Crippen LogP contribution is 2.34. The Morgan fingerprint density at radius 2 is 1.65 bits per heavy atom. The Hall–Kier alpha value is -4.17. The van der Waals surface area contributed by atoms with Crippen molar-refractivity contribution in [2.45, 2.75) is 9.79 Å². The van der Waals surface area contributed by atoms with E-state index < -0.39 is 11.2 Å². The number of rotatable bonds is 4. The lowest BCUT2D eigenvalue weighted by atomic mass is 10.1. The van der Waals surface area contributed by atoms with Gasteiger partial charge in [0.15, 0.2) is 21.2 Å². The third-order valence-corrected chi connectivity index (χ3v) is 5.74. The minimum absolute atomic E-state index is 0. The Morgan fingerprint density at radius 3 is 2.29 bits per heavy atom. The highest BCUT2D eigenvalue weighted by molar-refractivity contribution is 7.91. The first-order valence-electron chi connectivity index (χ1n) is 9.27. The molecule has 13 heteroatoms. The van der Waals surface area contributed by atoms with E-state index in [1.165, 1.54) is 19.0 Å². The Balaban J connectivity index is 0.000000393. The van der Waals surface area contributed by atoms with Crippen molar-refractivity contribution >= 4 is 16.8 Å². The molecule has 3 heterocycles. The van der Waals surface area contributed by atoms with Crippen molar-refractivity contribution in [2.24, 2.45) is 0 Å². The molecule has 5 aromatic rings. The van der Waals surface area contributed by atoms with Crippen LogP contribution in [-0.4, -0.2) is 62.3 Å². The van der Waals surface area contributed by atoms with Crippen LogP contribution in [0.1, 0.15) is 0 Å². The zero-order chi connectivity index (χ0) is 22.3. The summed E-state index contributed by atoms with van der Waals surface area (Å²) in [6.45, 7) is 0. The summed E-state index contributed by atoms with van der Waals surface area (Å²) in [5.74, 6) is 0.563. The molecule has 34 heavy (non-hydrogen) atoms. The van der Waals surface area contributed by atoms with Gasteiger partial charge in [-0.3, -0.25) is 0 Å². The SMILES string of the molecule is COc1cc(-c2cnn3cncnc23)ccc1[S+]([O-])c1ccccc1.O.O.Oc1ncncn1. The van der Waals surface area contributed by atoms with E-state index in [9.17, 15) is 4.55 Å². The van der Waals surface area contributed by atoms with Crippen molar-refractivity contribution in [1.29, 1.82) is 0 Å². The van der Waals surface area contributed by atoms with E-state index in [0.717, 1.165) is 16.0 Å². The zero-order valence-electron chi connectivity index (χ0n) is 17.8. The Bertz CT molecular complexity index is 1310. The van der Waals surface area contributed by atoms with Gasteiger partial charge < -0.3 is 25.3 Å². The second-order valence-corrected chi connectivity index (χ2v) is 7.67. The molecule has 0 bridgehead atoms. The van der Waals surface area contributed by atoms with Crippen molar-refractivity contribution < 1.29 is 25.3 Å². The maximum Gasteiger partial charge on any atom is 0.316 e. The lowest BCUT2D eigenvalue weighted by Gasteiger charge is -2.14. The molecule has 0 fully saturated rings. The summed E-state index contributed by atoms with van der Waals surface area (Å²) < 4.78 is 19.9. The summed E-state index contributed by atoms with van der Waals surface area (Å²) in [4.78, 5) is 19.7. The molecule has 0 amide bonds. The molecule has 0 saturated heterocycles. The number of aromatic nitrogens is 7. The normalized spacial score (nSPS) is 10.8. The summed E-state index contributed by atoms with van der Waals surface area (Å²) >= 11 is -1.31. The van der Waals surface area contributed by atoms with Crippen LogP contribution in [0.4, 0.5) is 0 Å². The Labute approximate surface area is 196 Å². The summed E-state index contributed by atoms with van der Waals surface area (Å²) in [6, 6.07) is 14.6. The topological polar surface area (TPSA) is 197 Å². The molecule has 0 aliphatic carbocycles. The van der Waals surface area contributed by atoms with E-state index in [1.54, 1.807) is 24.1 Å². The second kappa shape index (κ2) is 12.2. The number of ether oxygens (including phenoxy) is 1. The summed E-state index contributed by atoms with van der Waals surface area (Å²) in [5, 5.41) is 12.6. The Morgan fingerprint density at radius 1 is 0.941 bits per heavy atom. The number of aromatic hydroxyl groups is 1. The average Bonchev–Trinajstić information content (AvgIpc) is 3.29. The molecule has 1 unspecified atom stereocenters. The van der Waals surface area contributed by atoms with E-state index in [4.69, 9.17) is 9.84 Å². The van der Waals surface area contributed by atoms with Gasteiger partial charge in [-0.1, -0.05) is 18.2 Å². The molecule has 12 nitrogen and oxygen atoms in total. The fourth-order valence-corrected chi connectivity index (χ4v) is 4.02. The number of methoxy groups -OCH3 is 1. The van der Waals surface area contributed by atoms with Gasteiger partial charge in [0.1, 0.15) is 25.3 Å². The number of nitrogens with zero attached hydrogens (tertiary/aromatic N) is 7. The molecular formula is C21H21N7O5S. The van der Waals surface area contributed by atoms with Crippen molar-refractivity contribution in [1.82, 2.24) is 34.5 Å². The van der Waals surface area contributed by atoms with Crippen LogP contribution < -0.4 is 4.74 Å². The van der Waals surface area contributed by atoms with Gasteiger partial charge in [0, 0.05) is 16.7 Å². The maximum atomic E-state index is 12.8. The van der Waals surface area contributed by atoms with E-state index in [1.807, 2.05) is 48.5 Å². The predicted octanol–water partition coefficient (Wildman–Crippen LogP) is 0.894. The first kappa shape index (κ1) is 26.1. The quantitative estimate of drug-likeness (QED) is 0.361. The standard InChI is InChI=1S/C18H14N4O2S.C3H3N3O.2H2O/c1-24-16-9-13(15-10-21-22-12-19-11-20-18(15)22)7-8-17(16)25(23)14-5-3-2-4-6-14;7-3-5-1-4-2-6-3;;/h2-12H,1H3;1-2H,(H,4,5,6,7);2*1H2. The van der Waals surface area contributed by atoms with E-state index in [-0.39, 0.29) is 17.0 Å². The highest BCUT2D eigenvalue weighted by Gasteiger charge is 2.21. The third kappa shape index (κ3) is 5.79. The Kier molecular flexibility index (Phi) is 9.34. The van der Waals surface area contributed by atoms with Crippen molar-refractivity contribution in [2.75, 3.05) is 7.11 Å². The van der Waals surface area contributed by atoms with Gasteiger partial charge in [-0.05, 0) is 35.9 Å². The zero-order valence-corrected chi connectivity index (χ0v) is 18.6. The fraction of sp³-hybridized carbons (Fsp3) is 0.0476. The number of hydrogen-bond donors (Lipinski definition) is 1. The van der Waals surface area contributed by atoms with Gasteiger partial charge >= 0.3 is 6.01 Å². The first-order chi connectivity index (χ1) is 15.7. The average molecular weight is 484 g/mol. The molecule has 0 aliphatic heterocycles. The largest absolute Gasteiger partial charge is 0.606 e. The van der Waals surface area contributed by atoms with Gasteiger partial charge in [0.25, 0.3) is 0 Å². The minimum Gasteiger partial charge on any atom is -0.606 e.